The lowest BCUT2D eigenvalue weighted by molar-refractivity contribution is -0.151. The fourth-order valence-electron chi connectivity index (χ4n) is 2.82. The third-order valence-electron chi connectivity index (χ3n) is 4.28. The van der Waals surface area contributed by atoms with E-state index in [1.165, 1.54) is 0 Å². The predicted molar refractivity (Wildman–Crippen MR) is 103 cm³/mol. The zero-order valence-corrected chi connectivity index (χ0v) is 15.5. The molecule has 0 bridgehead atoms. The van der Waals surface area contributed by atoms with Gasteiger partial charge in [-0.1, -0.05) is 29.3 Å². The SMILES string of the molecule is Cc1ccc(N2C[C@@H](C(=O)OCC(=O)Nc3ccc(Cl)cc3)CC2=O)cc1. The summed E-state index contributed by atoms with van der Waals surface area (Å²) in [5.74, 6) is -1.72. The van der Waals surface area contributed by atoms with Gasteiger partial charge in [0.2, 0.25) is 5.91 Å². The molecule has 1 atom stereocenters. The Balaban J connectivity index is 1.51. The summed E-state index contributed by atoms with van der Waals surface area (Å²) < 4.78 is 5.08. The number of hydrogen-bond donors (Lipinski definition) is 1. The summed E-state index contributed by atoms with van der Waals surface area (Å²) in [6.07, 6.45) is 0.0749. The lowest BCUT2D eigenvalue weighted by Crippen LogP contribution is -2.28. The molecule has 1 fully saturated rings. The van der Waals surface area contributed by atoms with Crippen LogP contribution in [0.5, 0.6) is 0 Å². The van der Waals surface area contributed by atoms with Crippen molar-refractivity contribution in [1.29, 1.82) is 0 Å². The molecule has 0 spiro atoms. The van der Waals surface area contributed by atoms with Gasteiger partial charge in [0.05, 0.1) is 5.92 Å². The number of nitrogens with zero attached hydrogens (tertiary/aromatic N) is 1. The normalized spacial score (nSPS) is 16.3. The van der Waals surface area contributed by atoms with Crippen molar-refractivity contribution in [3.63, 3.8) is 0 Å². The van der Waals surface area contributed by atoms with Crippen molar-refractivity contribution in [3.05, 3.63) is 59.1 Å². The highest BCUT2D eigenvalue weighted by Crippen LogP contribution is 2.26. The van der Waals surface area contributed by atoms with Gasteiger partial charge in [-0.15, -0.1) is 0 Å². The molecule has 0 saturated carbocycles. The number of anilines is 2. The number of rotatable bonds is 5. The van der Waals surface area contributed by atoms with E-state index in [1.807, 2.05) is 31.2 Å². The smallest absolute Gasteiger partial charge is 0.311 e. The number of carbonyl (C=O) groups is 3. The van der Waals surface area contributed by atoms with E-state index in [9.17, 15) is 14.4 Å². The number of halogens is 1. The molecule has 7 heteroatoms. The van der Waals surface area contributed by atoms with Crippen molar-refractivity contribution in [2.45, 2.75) is 13.3 Å². The first-order valence-corrected chi connectivity index (χ1v) is 8.89. The Labute approximate surface area is 162 Å². The monoisotopic (exact) mass is 386 g/mol. The lowest BCUT2D eigenvalue weighted by atomic mass is 10.1. The van der Waals surface area contributed by atoms with E-state index < -0.39 is 24.4 Å². The Morgan fingerprint density at radius 3 is 2.48 bits per heavy atom. The Morgan fingerprint density at radius 2 is 1.81 bits per heavy atom. The van der Waals surface area contributed by atoms with E-state index in [-0.39, 0.29) is 18.9 Å². The average Bonchev–Trinajstić information content (AvgIpc) is 3.04. The summed E-state index contributed by atoms with van der Waals surface area (Å²) in [5.41, 5.74) is 2.40. The van der Waals surface area contributed by atoms with Gasteiger partial charge in [0.1, 0.15) is 0 Å². The molecular formula is C20H19ClN2O4. The fourth-order valence-corrected chi connectivity index (χ4v) is 2.95. The number of aryl methyl sites for hydroxylation is 1. The highest BCUT2D eigenvalue weighted by Gasteiger charge is 2.36. The summed E-state index contributed by atoms with van der Waals surface area (Å²) in [4.78, 5) is 37.9. The Kier molecular flexibility index (Phi) is 5.76. The summed E-state index contributed by atoms with van der Waals surface area (Å²) in [7, 11) is 0. The largest absolute Gasteiger partial charge is 0.455 e. The van der Waals surface area contributed by atoms with Gasteiger partial charge in [0.15, 0.2) is 6.61 Å². The van der Waals surface area contributed by atoms with E-state index in [4.69, 9.17) is 16.3 Å². The van der Waals surface area contributed by atoms with Crippen molar-refractivity contribution in [2.24, 2.45) is 5.92 Å². The number of amides is 2. The van der Waals surface area contributed by atoms with Gasteiger partial charge in [-0.05, 0) is 43.3 Å². The maximum atomic E-state index is 12.2. The first-order valence-electron chi connectivity index (χ1n) is 8.51. The van der Waals surface area contributed by atoms with Gasteiger partial charge in [-0.25, -0.2) is 0 Å². The summed E-state index contributed by atoms with van der Waals surface area (Å²) in [6, 6.07) is 14.1. The van der Waals surface area contributed by atoms with Gasteiger partial charge in [0.25, 0.3) is 5.91 Å². The van der Waals surface area contributed by atoms with Crippen molar-refractivity contribution < 1.29 is 19.1 Å². The second-order valence-corrected chi connectivity index (χ2v) is 6.84. The molecule has 1 heterocycles. The quantitative estimate of drug-likeness (QED) is 0.801. The number of nitrogens with one attached hydrogen (secondary N) is 1. The molecule has 0 radical (unpaired) electrons. The molecular weight excluding hydrogens is 368 g/mol. The molecule has 2 aromatic carbocycles. The molecule has 140 valence electrons. The van der Waals surface area contributed by atoms with Crippen molar-refractivity contribution in [1.82, 2.24) is 0 Å². The van der Waals surface area contributed by atoms with Crippen LogP contribution < -0.4 is 10.2 Å². The second kappa shape index (κ2) is 8.22. The molecule has 6 nitrogen and oxygen atoms in total. The molecule has 0 aliphatic carbocycles. The van der Waals surface area contributed by atoms with Crippen LogP contribution in [0.2, 0.25) is 5.02 Å². The van der Waals surface area contributed by atoms with E-state index in [2.05, 4.69) is 5.32 Å². The average molecular weight is 387 g/mol. The molecule has 0 aromatic heterocycles. The van der Waals surface area contributed by atoms with Crippen LogP contribution in [-0.2, 0) is 19.1 Å². The van der Waals surface area contributed by atoms with Crippen LogP contribution >= 0.6 is 11.6 Å². The summed E-state index contributed by atoms with van der Waals surface area (Å²) >= 11 is 5.79. The third-order valence-corrected chi connectivity index (χ3v) is 4.53. The van der Waals surface area contributed by atoms with Crippen LogP contribution in [0.15, 0.2) is 48.5 Å². The number of hydrogen-bond acceptors (Lipinski definition) is 4. The Morgan fingerprint density at radius 1 is 1.15 bits per heavy atom. The zero-order chi connectivity index (χ0) is 19.4. The number of carbonyl (C=O) groups excluding carboxylic acids is 3. The van der Waals surface area contributed by atoms with Crippen LogP contribution in [0.3, 0.4) is 0 Å². The minimum atomic E-state index is -0.581. The predicted octanol–water partition coefficient (Wildman–Crippen LogP) is 3.18. The van der Waals surface area contributed by atoms with Crippen LogP contribution in [0, 0.1) is 12.8 Å². The first kappa shape index (κ1) is 18.9. The number of benzene rings is 2. The van der Waals surface area contributed by atoms with E-state index in [0.717, 1.165) is 11.3 Å². The highest BCUT2D eigenvalue weighted by atomic mass is 35.5. The topological polar surface area (TPSA) is 75.7 Å². The van der Waals surface area contributed by atoms with Crippen LogP contribution in [-0.4, -0.2) is 30.9 Å². The van der Waals surface area contributed by atoms with E-state index in [0.29, 0.717) is 10.7 Å². The molecule has 27 heavy (non-hydrogen) atoms. The second-order valence-electron chi connectivity index (χ2n) is 6.40. The minimum absolute atomic E-state index is 0.0749. The van der Waals surface area contributed by atoms with E-state index >= 15 is 0 Å². The third kappa shape index (κ3) is 4.86. The molecule has 0 unspecified atom stereocenters. The maximum absolute atomic E-state index is 12.2. The van der Waals surface area contributed by atoms with Crippen molar-refractivity contribution >= 4 is 40.8 Å². The van der Waals surface area contributed by atoms with Crippen LogP contribution in [0.1, 0.15) is 12.0 Å². The van der Waals surface area contributed by atoms with Crippen molar-refractivity contribution in [3.8, 4) is 0 Å². The number of ether oxygens (including phenoxy) is 1. The van der Waals surface area contributed by atoms with Gasteiger partial charge in [-0.3, -0.25) is 14.4 Å². The molecule has 3 rings (SSSR count). The molecule has 2 aromatic rings. The summed E-state index contributed by atoms with van der Waals surface area (Å²) in [5, 5.41) is 3.17. The highest BCUT2D eigenvalue weighted by molar-refractivity contribution is 6.30. The van der Waals surface area contributed by atoms with Crippen molar-refractivity contribution in [2.75, 3.05) is 23.4 Å². The Bertz CT molecular complexity index is 849. The fraction of sp³-hybridized carbons (Fsp3) is 0.250. The number of esters is 1. The van der Waals surface area contributed by atoms with Gasteiger partial charge >= 0.3 is 5.97 Å². The molecule has 2 amide bonds. The van der Waals surface area contributed by atoms with E-state index in [1.54, 1.807) is 29.2 Å². The molecule has 1 saturated heterocycles. The summed E-state index contributed by atoms with van der Waals surface area (Å²) in [6.45, 7) is 1.81. The minimum Gasteiger partial charge on any atom is -0.455 e. The zero-order valence-electron chi connectivity index (χ0n) is 14.8. The molecule has 1 aliphatic heterocycles. The standard InChI is InChI=1S/C20H19ClN2O4/c1-13-2-8-17(9-3-13)23-11-14(10-19(23)25)20(26)27-12-18(24)22-16-6-4-15(21)5-7-16/h2-9,14H,10-12H2,1H3,(H,22,24)/t14-/m0/s1. The van der Waals surface area contributed by atoms with Crippen LogP contribution in [0.25, 0.3) is 0 Å². The lowest BCUT2D eigenvalue weighted by Gasteiger charge is -2.16. The maximum Gasteiger partial charge on any atom is 0.311 e. The molecule has 1 aliphatic rings. The Hall–Kier alpha value is -2.86. The van der Waals surface area contributed by atoms with Gasteiger partial charge in [-0.2, -0.15) is 0 Å². The van der Waals surface area contributed by atoms with Gasteiger partial charge < -0.3 is 15.0 Å². The van der Waals surface area contributed by atoms with Gasteiger partial charge in [0, 0.05) is 29.4 Å². The first-order chi connectivity index (χ1) is 12.9. The van der Waals surface area contributed by atoms with Crippen LogP contribution in [0.4, 0.5) is 11.4 Å². The molecule has 1 N–H and O–H groups in total.